The molecule has 0 bridgehead atoms. The van der Waals surface area contributed by atoms with E-state index in [0.29, 0.717) is 23.6 Å². The quantitative estimate of drug-likeness (QED) is 0.366. The first kappa shape index (κ1) is 21.0. The lowest BCUT2D eigenvalue weighted by molar-refractivity contribution is 0.0474. The number of carbonyl (C=O) groups is 2. The standard InChI is InChI=1S/C22H29N3O4/c1-16-14-19(17(2)25(16)12-7-13-28-3)20(26)15-29-22(27)18-8-6-9-23-21(18)24-10-4-5-11-24/h6,8-9,14H,4-5,7,10-13,15H2,1-3H3. The van der Waals surface area contributed by atoms with Gasteiger partial charge in [-0.05, 0) is 51.3 Å². The lowest BCUT2D eigenvalue weighted by Crippen LogP contribution is -2.23. The molecule has 0 amide bonds. The smallest absolute Gasteiger partial charge is 0.342 e. The van der Waals surface area contributed by atoms with Crippen molar-refractivity contribution in [2.75, 3.05) is 38.3 Å². The highest BCUT2D eigenvalue weighted by Crippen LogP contribution is 2.23. The molecule has 1 aliphatic heterocycles. The number of nitrogens with zero attached hydrogens (tertiary/aromatic N) is 3. The summed E-state index contributed by atoms with van der Waals surface area (Å²) in [7, 11) is 1.68. The second-order valence-electron chi connectivity index (χ2n) is 7.35. The van der Waals surface area contributed by atoms with Crippen molar-refractivity contribution >= 4 is 17.6 Å². The van der Waals surface area contributed by atoms with Gasteiger partial charge < -0.3 is 18.9 Å². The van der Waals surface area contributed by atoms with Crippen LogP contribution in [0.2, 0.25) is 0 Å². The van der Waals surface area contributed by atoms with E-state index in [9.17, 15) is 9.59 Å². The van der Waals surface area contributed by atoms with E-state index in [4.69, 9.17) is 9.47 Å². The Morgan fingerprint density at radius 1 is 1.17 bits per heavy atom. The summed E-state index contributed by atoms with van der Waals surface area (Å²) in [5.41, 5.74) is 2.90. The molecule has 1 aliphatic rings. The van der Waals surface area contributed by atoms with Gasteiger partial charge in [0.05, 0.1) is 0 Å². The first-order valence-corrected chi connectivity index (χ1v) is 10.1. The average Bonchev–Trinajstić information content (AvgIpc) is 3.36. The minimum Gasteiger partial charge on any atom is -0.454 e. The van der Waals surface area contributed by atoms with Crippen LogP contribution >= 0.6 is 0 Å². The highest BCUT2D eigenvalue weighted by molar-refractivity contribution is 6.01. The van der Waals surface area contributed by atoms with E-state index in [1.54, 1.807) is 25.4 Å². The molecule has 0 N–H and O–H groups in total. The maximum Gasteiger partial charge on any atom is 0.342 e. The number of Topliss-reactive ketones (excluding diaryl/α,β-unsaturated/α-hetero) is 1. The van der Waals surface area contributed by atoms with E-state index >= 15 is 0 Å². The number of hydrogen-bond donors (Lipinski definition) is 0. The number of hydrogen-bond acceptors (Lipinski definition) is 6. The third-order valence-electron chi connectivity index (χ3n) is 5.35. The number of aryl methyl sites for hydroxylation is 1. The van der Waals surface area contributed by atoms with Crippen LogP contribution in [-0.2, 0) is 16.0 Å². The fourth-order valence-electron chi connectivity index (χ4n) is 3.82. The normalized spacial score (nSPS) is 13.7. The molecule has 0 aromatic carbocycles. The second kappa shape index (κ2) is 9.69. The van der Waals surface area contributed by atoms with Crippen LogP contribution < -0.4 is 4.90 Å². The predicted octanol–water partition coefficient (Wildman–Crippen LogP) is 3.18. The minimum atomic E-state index is -0.512. The Morgan fingerprint density at radius 3 is 2.66 bits per heavy atom. The van der Waals surface area contributed by atoms with Gasteiger partial charge in [-0.3, -0.25) is 4.79 Å². The summed E-state index contributed by atoms with van der Waals surface area (Å²) in [5.74, 6) is -0.0722. The van der Waals surface area contributed by atoms with Gasteiger partial charge in [0.2, 0.25) is 5.78 Å². The molecular formula is C22H29N3O4. The predicted molar refractivity (Wildman–Crippen MR) is 111 cm³/mol. The summed E-state index contributed by atoms with van der Waals surface area (Å²) >= 11 is 0. The van der Waals surface area contributed by atoms with Crippen LogP contribution in [0, 0.1) is 13.8 Å². The van der Waals surface area contributed by atoms with E-state index in [-0.39, 0.29) is 12.4 Å². The van der Waals surface area contributed by atoms with Gasteiger partial charge in [-0.25, -0.2) is 9.78 Å². The molecule has 2 aromatic rings. The van der Waals surface area contributed by atoms with Crippen molar-refractivity contribution in [3.63, 3.8) is 0 Å². The summed E-state index contributed by atoms with van der Waals surface area (Å²) in [5, 5.41) is 0. The molecule has 0 saturated carbocycles. The Hall–Kier alpha value is -2.67. The van der Waals surface area contributed by atoms with Crippen LogP contribution in [0.1, 0.15) is 51.4 Å². The maximum atomic E-state index is 12.7. The molecular weight excluding hydrogens is 370 g/mol. The number of aromatic nitrogens is 2. The molecule has 0 radical (unpaired) electrons. The fourth-order valence-corrected chi connectivity index (χ4v) is 3.82. The van der Waals surface area contributed by atoms with E-state index in [1.807, 2.05) is 19.9 Å². The Bertz CT molecular complexity index is 869. The summed E-state index contributed by atoms with van der Waals surface area (Å²) in [4.78, 5) is 31.8. The molecule has 1 fully saturated rings. The van der Waals surface area contributed by atoms with Crippen molar-refractivity contribution in [2.45, 2.75) is 39.7 Å². The highest BCUT2D eigenvalue weighted by atomic mass is 16.5. The Labute approximate surface area is 171 Å². The Kier molecular flexibility index (Phi) is 7.04. The monoisotopic (exact) mass is 399 g/mol. The first-order valence-electron chi connectivity index (χ1n) is 10.1. The number of ketones is 1. The van der Waals surface area contributed by atoms with E-state index < -0.39 is 5.97 Å². The molecule has 7 nitrogen and oxygen atoms in total. The zero-order valence-corrected chi connectivity index (χ0v) is 17.4. The molecule has 1 saturated heterocycles. The number of methoxy groups -OCH3 is 1. The number of anilines is 1. The summed E-state index contributed by atoms with van der Waals surface area (Å²) < 4.78 is 12.6. The van der Waals surface area contributed by atoms with Crippen molar-refractivity contribution in [1.82, 2.24) is 9.55 Å². The first-order chi connectivity index (χ1) is 14.0. The number of carbonyl (C=O) groups excluding carboxylic acids is 2. The number of pyridine rings is 1. The highest BCUT2D eigenvalue weighted by Gasteiger charge is 2.23. The molecule has 7 heteroatoms. The number of rotatable bonds is 9. The van der Waals surface area contributed by atoms with Gasteiger partial charge in [0.1, 0.15) is 11.4 Å². The van der Waals surface area contributed by atoms with E-state index in [1.165, 1.54) is 0 Å². The summed E-state index contributed by atoms with van der Waals surface area (Å²) in [6.07, 6.45) is 4.72. The van der Waals surface area contributed by atoms with Crippen LogP contribution in [0.25, 0.3) is 0 Å². The third-order valence-corrected chi connectivity index (χ3v) is 5.35. The fraction of sp³-hybridized carbons (Fsp3) is 0.500. The molecule has 29 heavy (non-hydrogen) atoms. The van der Waals surface area contributed by atoms with Gasteiger partial charge in [-0.2, -0.15) is 0 Å². The van der Waals surface area contributed by atoms with Gasteiger partial charge in [0.15, 0.2) is 6.61 Å². The largest absolute Gasteiger partial charge is 0.454 e. The van der Waals surface area contributed by atoms with Crippen molar-refractivity contribution in [2.24, 2.45) is 0 Å². The lowest BCUT2D eigenvalue weighted by Gasteiger charge is -2.18. The third kappa shape index (κ3) is 4.85. The zero-order valence-electron chi connectivity index (χ0n) is 17.4. The lowest BCUT2D eigenvalue weighted by atomic mass is 10.1. The van der Waals surface area contributed by atoms with Crippen LogP contribution in [0.4, 0.5) is 5.82 Å². The summed E-state index contributed by atoms with van der Waals surface area (Å²) in [6, 6.07) is 5.28. The molecule has 3 rings (SSSR count). The SMILES string of the molecule is COCCCn1c(C)cc(C(=O)COC(=O)c2cccnc2N2CCCC2)c1C. The van der Waals surface area contributed by atoms with Crippen molar-refractivity contribution in [3.05, 3.63) is 46.9 Å². The number of ether oxygens (including phenoxy) is 2. The van der Waals surface area contributed by atoms with Gasteiger partial charge in [-0.1, -0.05) is 0 Å². The van der Waals surface area contributed by atoms with Gasteiger partial charge >= 0.3 is 5.97 Å². The molecule has 0 spiro atoms. The van der Waals surface area contributed by atoms with Gasteiger partial charge in [-0.15, -0.1) is 0 Å². The molecule has 0 unspecified atom stereocenters. The Morgan fingerprint density at radius 2 is 1.93 bits per heavy atom. The number of esters is 1. The van der Waals surface area contributed by atoms with Crippen LogP contribution in [0.15, 0.2) is 24.4 Å². The molecule has 2 aromatic heterocycles. The van der Waals surface area contributed by atoms with Gasteiger partial charge in [0, 0.05) is 56.5 Å². The van der Waals surface area contributed by atoms with E-state index in [0.717, 1.165) is 50.3 Å². The Balaban J connectivity index is 1.65. The zero-order chi connectivity index (χ0) is 20.8. The molecule has 0 aliphatic carbocycles. The van der Waals surface area contributed by atoms with Crippen LogP contribution in [-0.4, -0.2) is 54.7 Å². The van der Waals surface area contributed by atoms with Crippen LogP contribution in [0.3, 0.4) is 0 Å². The minimum absolute atomic E-state index is 0.198. The second-order valence-corrected chi connectivity index (χ2v) is 7.35. The van der Waals surface area contributed by atoms with Crippen molar-refractivity contribution in [3.8, 4) is 0 Å². The maximum absolute atomic E-state index is 12.7. The van der Waals surface area contributed by atoms with Crippen molar-refractivity contribution in [1.29, 1.82) is 0 Å². The van der Waals surface area contributed by atoms with Gasteiger partial charge in [0.25, 0.3) is 0 Å². The molecule has 0 atom stereocenters. The molecule has 3 heterocycles. The summed E-state index contributed by atoms with van der Waals surface area (Å²) in [6.45, 7) is 6.82. The topological polar surface area (TPSA) is 73.7 Å². The average molecular weight is 399 g/mol. The molecule has 156 valence electrons. The van der Waals surface area contributed by atoms with E-state index in [2.05, 4.69) is 14.5 Å². The van der Waals surface area contributed by atoms with Crippen LogP contribution in [0.5, 0.6) is 0 Å². The van der Waals surface area contributed by atoms with Crippen molar-refractivity contribution < 1.29 is 19.1 Å².